The summed E-state index contributed by atoms with van der Waals surface area (Å²) in [6, 6.07) is 20.2. The van der Waals surface area contributed by atoms with Crippen LogP contribution in [-0.4, -0.2) is 11.7 Å². The first-order valence-electron chi connectivity index (χ1n) is 11.3. The zero-order valence-electron chi connectivity index (χ0n) is 17.7. The van der Waals surface area contributed by atoms with Gasteiger partial charge >= 0.3 is 0 Å². The van der Waals surface area contributed by atoms with Crippen molar-refractivity contribution in [1.29, 1.82) is 0 Å². The molecule has 0 amide bonds. The van der Waals surface area contributed by atoms with Gasteiger partial charge in [0.25, 0.3) is 0 Å². The molecule has 0 unspecified atom stereocenters. The zero-order valence-corrected chi connectivity index (χ0v) is 17.7. The van der Waals surface area contributed by atoms with Gasteiger partial charge in [0.2, 0.25) is 0 Å². The molecular weight excluding hydrogens is 342 g/mol. The molecule has 0 bridgehead atoms. The van der Waals surface area contributed by atoms with E-state index in [-0.39, 0.29) is 6.04 Å². The fraction of sp³-hybridized carbons (Fsp3) is 0.538. The smallest absolute Gasteiger partial charge is 0.0984 e. The van der Waals surface area contributed by atoms with Crippen LogP contribution in [0.25, 0.3) is 0 Å². The third-order valence-corrected chi connectivity index (χ3v) is 5.51. The Morgan fingerprint density at radius 3 is 1.64 bits per heavy atom. The minimum Gasteiger partial charge on any atom is -0.386 e. The second kappa shape index (κ2) is 14.4. The molecule has 2 rings (SSSR count). The van der Waals surface area contributed by atoms with Gasteiger partial charge in [-0.2, -0.15) is 0 Å². The van der Waals surface area contributed by atoms with E-state index in [0.717, 1.165) is 17.7 Å². The highest BCUT2D eigenvalue weighted by atomic mass is 16.3. The zero-order chi connectivity index (χ0) is 19.9. The van der Waals surface area contributed by atoms with Crippen molar-refractivity contribution in [3.8, 4) is 0 Å². The van der Waals surface area contributed by atoms with Crippen molar-refractivity contribution < 1.29 is 5.11 Å². The van der Waals surface area contributed by atoms with Crippen LogP contribution in [0.2, 0.25) is 0 Å². The van der Waals surface area contributed by atoms with Crippen LogP contribution >= 0.6 is 0 Å². The van der Waals surface area contributed by atoms with Crippen molar-refractivity contribution in [3.63, 3.8) is 0 Å². The molecule has 2 nitrogen and oxygen atoms in total. The Morgan fingerprint density at radius 2 is 1.11 bits per heavy atom. The second-order valence-corrected chi connectivity index (χ2v) is 7.88. The molecule has 0 aromatic heterocycles. The van der Waals surface area contributed by atoms with Gasteiger partial charge < -0.3 is 10.4 Å². The molecule has 2 N–H and O–H groups in total. The molecule has 0 aliphatic heterocycles. The summed E-state index contributed by atoms with van der Waals surface area (Å²) in [5.74, 6) is 0. The number of aliphatic hydroxyl groups is 1. The highest BCUT2D eigenvalue weighted by Gasteiger charge is 2.21. The summed E-state index contributed by atoms with van der Waals surface area (Å²) >= 11 is 0. The fourth-order valence-electron chi connectivity index (χ4n) is 3.78. The first kappa shape index (κ1) is 22.6. The van der Waals surface area contributed by atoms with Gasteiger partial charge in [0, 0.05) is 0 Å². The summed E-state index contributed by atoms with van der Waals surface area (Å²) in [7, 11) is 0. The van der Waals surface area contributed by atoms with Crippen LogP contribution in [0, 0.1) is 0 Å². The van der Waals surface area contributed by atoms with Crippen molar-refractivity contribution in [2.24, 2.45) is 0 Å². The fourth-order valence-corrected chi connectivity index (χ4v) is 3.78. The maximum Gasteiger partial charge on any atom is 0.0984 e. The molecule has 0 saturated heterocycles. The van der Waals surface area contributed by atoms with Gasteiger partial charge in [-0.25, -0.2) is 0 Å². The topological polar surface area (TPSA) is 32.3 Å². The van der Waals surface area contributed by atoms with Gasteiger partial charge in [0.15, 0.2) is 0 Å². The lowest BCUT2D eigenvalue weighted by Gasteiger charge is -2.25. The number of rotatable bonds is 15. The minimum atomic E-state index is -0.535. The number of nitrogens with one attached hydrogen (secondary N) is 1. The molecule has 28 heavy (non-hydrogen) atoms. The Balaban J connectivity index is 1.70. The molecule has 0 fully saturated rings. The van der Waals surface area contributed by atoms with Crippen molar-refractivity contribution in [1.82, 2.24) is 5.32 Å². The minimum absolute atomic E-state index is 0.0674. The highest BCUT2D eigenvalue weighted by molar-refractivity contribution is 5.26. The number of unbranched alkanes of at least 4 members (excludes halogenated alkanes) is 9. The highest BCUT2D eigenvalue weighted by Crippen LogP contribution is 2.28. The van der Waals surface area contributed by atoms with Crippen LogP contribution in [0.5, 0.6) is 0 Å². The lowest BCUT2D eigenvalue weighted by molar-refractivity contribution is 0.128. The van der Waals surface area contributed by atoms with Crippen LogP contribution in [0.4, 0.5) is 0 Å². The van der Waals surface area contributed by atoms with Crippen LogP contribution < -0.4 is 5.32 Å². The third-order valence-electron chi connectivity index (χ3n) is 5.51. The van der Waals surface area contributed by atoms with Crippen LogP contribution in [0.15, 0.2) is 60.7 Å². The maximum absolute atomic E-state index is 10.9. The molecule has 154 valence electrons. The monoisotopic (exact) mass is 381 g/mol. The van der Waals surface area contributed by atoms with E-state index in [9.17, 15) is 5.11 Å². The molecule has 0 radical (unpaired) electrons. The van der Waals surface area contributed by atoms with E-state index < -0.39 is 6.10 Å². The first-order valence-corrected chi connectivity index (χ1v) is 11.3. The Bertz CT molecular complexity index is 598. The molecule has 2 atom stereocenters. The van der Waals surface area contributed by atoms with Gasteiger partial charge in [0.05, 0.1) is 12.1 Å². The van der Waals surface area contributed by atoms with E-state index in [2.05, 4.69) is 24.4 Å². The predicted molar refractivity (Wildman–Crippen MR) is 120 cm³/mol. The summed E-state index contributed by atoms with van der Waals surface area (Å²) in [5.41, 5.74) is 2.11. The maximum atomic E-state index is 10.9. The van der Waals surface area contributed by atoms with E-state index in [1.54, 1.807) is 0 Å². The standard InChI is InChI=1S/C26H39NO/c1-2-3-4-5-6-7-8-9-10-17-22-27-25(23-18-13-11-14-19-23)26(28)24-20-15-12-16-21-24/h11-16,18-21,25-28H,2-10,17,22H2,1H3/t25-,26+/m0/s1. The number of hydrogen-bond donors (Lipinski definition) is 2. The Kier molecular flexibility index (Phi) is 11.6. The van der Waals surface area contributed by atoms with Gasteiger partial charge in [-0.1, -0.05) is 125 Å². The molecule has 2 aromatic rings. The Morgan fingerprint density at radius 1 is 0.643 bits per heavy atom. The normalized spacial score (nSPS) is 13.4. The van der Waals surface area contributed by atoms with Crippen LogP contribution in [0.3, 0.4) is 0 Å². The van der Waals surface area contributed by atoms with Gasteiger partial charge in [-0.3, -0.25) is 0 Å². The number of benzene rings is 2. The first-order chi connectivity index (χ1) is 13.8. The van der Waals surface area contributed by atoms with Crippen molar-refractivity contribution >= 4 is 0 Å². The number of hydrogen-bond acceptors (Lipinski definition) is 2. The van der Waals surface area contributed by atoms with Gasteiger partial charge in [-0.15, -0.1) is 0 Å². The summed E-state index contributed by atoms with van der Waals surface area (Å²) in [6.45, 7) is 3.22. The summed E-state index contributed by atoms with van der Waals surface area (Å²) in [4.78, 5) is 0. The lowest BCUT2D eigenvalue weighted by atomic mass is 9.95. The van der Waals surface area contributed by atoms with Crippen LogP contribution in [-0.2, 0) is 0 Å². The molecule has 0 aliphatic carbocycles. The number of aliphatic hydroxyl groups excluding tert-OH is 1. The molecule has 2 aromatic carbocycles. The Hall–Kier alpha value is -1.64. The van der Waals surface area contributed by atoms with Gasteiger partial charge in [0.1, 0.15) is 0 Å². The summed E-state index contributed by atoms with van der Waals surface area (Å²) < 4.78 is 0. The molecule has 0 heterocycles. The van der Waals surface area contributed by atoms with Crippen molar-refractivity contribution in [2.75, 3.05) is 6.54 Å². The molecular formula is C26H39NO. The Labute approximate surface area is 172 Å². The van der Waals surface area contributed by atoms with Crippen LogP contribution in [0.1, 0.15) is 94.4 Å². The molecule has 0 saturated carbocycles. The summed E-state index contributed by atoms with van der Waals surface area (Å²) in [5, 5.41) is 14.5. The van der Waals surface area contributed by atoms with Crippen molar-refractivity contribution in [3.05, 3.63) is 71.8 Å². The van der Waals surface area contributed by atoms with E-state index in [1.807, 2.05) is 48.5 Å². The van der Waals surface area contributed by atoms with Crippen molar-refractivity contribution in [2.45, 2.75) is 83.3 Å². The van der Waals surface area contributed by atoms with E-state index >= 15 is 0 Å². The largest absolute Gasteiger partial charge is 0.386 e. The van der Waals surface area contributed by atoms with Gasteiger partial charge in [-0.05, 0) is 24.1 Å². The summed E-state index contributed by atoms with van der Waals surface area (Å²) in [6.07, 6.45) is 12.9. The second-order valence-electron chi connectivity index (χ2n) is 7.88. The molecule has 0 spiro atoms. The average Bonchev–Trinajstić information content (AvgIpc) is 2.75. The lowest BCUT2D eigenvalue weighted by Crippen LogP contribution is -2.28. The molecule has 0 aliphatic rings. The SMILES string of the molecule is CCCCCCCCCCCCN[C@@H](c1ccccc1)[C@H](O)c1ccccc1. The predicted octanol–water partition coefficient (Wildman–Crippen LogP) is 6.97. The third kappa shape index (κ3) is 8.58. The van der Waals surface area contributed by atoms with E-state index in [4.69, 9.17) is 0 Å². The molecule has 2 heteroatoms. The van der Waals surface area contributed by atoms with E-state index in [0.29, 0.717) is 0 Å². The average molecular weight is 382 g/mol. The quantitative estimate of drug-likeness (QED) is 0.326. The van der Waals surface area contributed by atoms with E-state index in [1.165, 1.54) is 64.2 Å².